The molecule has 0 amide bonds. The summed E-state index contributed by atoms with van der Waals surface area (Å²) in [6.45, 7) is 0. The Hall–Kier alpha value is -1.81. The van der Waals surface area contributed by atoms with Gasteiger partial charge in [0.25, 0.3) is 0 Å². The van der Waals surface area contributed by atoms with Crippen molar-refractivity contribution in [2.75, 3.05) is 19.1 Å². The second-order valence-electron chi connectivity index (χ2n) is 3.97. The van der Waals surface area contributed by atoms with Crippen LogP contribution in [0.25, 0.3) is 0 Å². The van der Waals surface area contributed by atoms with E-state index >= 15 is 0 Å². The van der Waals surface area contributed by atoms with Crippen molar-refractivity contribution in [3.8, 4) is 5.75 Å². The van der Waals surface area contributed by atoms with Gasteiger partial charge in [0, 0.05) is 18.8 Å². The highest BCUT2D eigenvalue weighted by molar-refractivity contribution is 6.17. The number of hydrogen-bond acceptors (Lipinski definition) is 3. The lowest BCUT2D eigenvalue weighted by Gasteiger charge is -2.21. The topological polar surface area (TPSA) is 25.4 Å². The molecule has 0 aliphatic heterocycles. The van der Waals surface area contributed by atoms with Crippen LogP contribution in [-0.2, 0) is 5.88 Å². The van der Waals surface area contributed by atoms with E-state index in [4.69, 9.17) is 16.3 Å². The summed E-state index contributed by atoms with van der Waals surface area (Å²) in [6.07, 6.45) is 1.54. The minimum Gasteiger partial charge on any atom is -0.495 e. The van der Waals surface area contributed by atoms with Crippen LogP contribution >= 0.6 is 11.6 Å². The molecule has 0 saturated heterocycles. The number of alkyl halides is 1. The van der Waals surface area contributed by atoms with Gasteiger partial charge in [-0.15, -0.1) is 11.6 Å². The number of methoxy groups -OCH3 is 1. The van der Waals surface area contributed by atoms with Crippen LogP contribution < -0.4 is 9.64 Å². The van der Waals surface area contributed by atoms with Crippen LogP contribution in [0.4, 0.5) is 15.9 Å². The molecular formula is C14H14ClFN2O. The molecule has 2 rings (SSSR count). The van der Waals surface area contributed by atoms with Crippen molar-refractivity contribution in [3.63, 3.8) is 0 Å². The van der Waals surface area contributed by atoms with Gasteiger partial charge in [-0.25, -0.2) is 9.37 Å². The van der Waals surface area contributed by atoms with Gasteiger partial charge in [-0.3, -0.25) is 0 Å². The maximum atomic E-state index is 14.2. The van der Waals surface area contributed by atoms with Crippen LogP contribution in [0.3, 0.4) is 0 Å². The molecular weight excluding hydrogens is 267 g/mol. The smallest absolute Gasteiger partial charge is 0.170 e. The molecule has 19 heavy (non-hydrogen) atoms. The molecule has 0 fully saturated rings. The van der Waals surface area contributed by atoms with E-state index in [1.807, 2.05) is 24.3 Å². The van der Waals surface area contributed by atoms with E-state index in [0.29, 0.717) is 11.3 Å². The van der Waals surface area contributed by atoms with Crippen molar-refractivity contribution in [1.82, 2.24) is 4.98 Å². The molecule has 3 nitrogen and oxygen atoms in total. The van der Waals surface area contributed by atoms with E-state index < -0.39 is 5.82 Å². The Kier molecular flexibility index (Phi) is 4.22. The van der Waals surface area contributed by atoms with E-state index in [9.17, 15) is 4.39 Å². The zero-order valence-corrected chi connectivity index (χ0v) is 11.5. The van der Waals surface area contributed by atoms with Crippen molar-refractivity contribution >= 4 is 23.1 Å². The van der Waals surface area contributed by atoms with Gasteiger partial charge in [0.2, 0.25) is 0 Å². The molecule has 1 aromatic heterocycles. The van der Waals surface area contributed by atoms with Crippen LogP contribution in [0, 0.1) is 5.82 Å². The molecule has 0 unspecified atom stereocenters. The number of para-hydroxylation sites is 2. The standard InChI is InChI=1S/C14H14ClFN2O/c1-18(11-5-3-4-6-12(11)19-2)14-13(16)10(9-15)7-8-17-14/h3-8H,9H2,1-2H3. The first-order valence-corrected chi connectivity index (χ1v) is 6.28. The number of pyridine rings is 1. The Bertz CT molecular complexity index is 577. The lowest BCUT2D eigenvalue weighted by Crippen LogP contribution is -2.14. The predicted octanol–water partition coefficient (Wildman–Crippen LogP) is 3.74. The average Bonchev–Trinajstić information content (AvgIpc) is 2.46. The van der Waals surface area contributed by atoms with Gasteiger partial charge in [0.15, 0.2) is 11.6 Å². The van der Waals surface area contributed by atoms with Gasteiger partial charge < -0.3 is 9.64 Å². The highest BCUT2D eigenvalue weighted by Crippen LogP contribution is 2.33. The summed E-state index contributed by atoms with van der Waals surface area (Å²) < 4.78 is 19.5. The molecule has 0 atom stereocenters. The van der Waals surface area contributed by atoms with Gasteiger partial charge in [-0.1, -0.05) is 12.1 Å². The Labute approximate surface area is 116 Å². The molecule has 1 heterocycles. The van der Waals surface area contributed by atoms with E-state index in [1.165, 1.54) is 0 Å². The Morgan fingerprint density at radius 2 is 2.05 bits per heavy atom. The summed E-state index contributed by atoms with van der Waals surface area (Å²) in [5.74, 6) is 0.581. The van der Waals surface area contributed by atoms with Crippen LogP contribution in [0.2, 0.25) is 0 Å². The van der Waals surface area contributed by atoms with Crippen molar-refractivity contribution in [1.29, 1.82) is 0 Å². The monoisotopic (exact) mass is 280 g/mol. The first-order valence-electron chi connectivity index (χ1n) is 5.75. The van der Waals surface area contributed by atoms with Crippen LogP contribution in [-0.4, -0.2) is 19.1 Å². The van der Waals surface area contributed by atoms with E-state index in [1.54, 1.807) is 31.3 Å². The summed E-state index contributed by atoms with van der Waals surface area (Å²) in [5.41, 5.74) is 1.16. The first-order chi connectivity index (χ1) is 9.19. The summed E-state index contributed by atoms with van der Waals surface area (Å²) in [7, 11) is 3.31. The zero-order chi connectivity index (χ0) is 13.8. The second-order valence-corrected chi connectivity index (χ2v) is 4.24. The summed E-state index contributed by atoms with van der Waals surface area (Å²) in [6, 6.07) is 8.94. The molecule has 100 valence electrons. The van der Waals surface area contributed by atoms with Crippen LogP contribution in [0.5, 0.6) is 5.75 Å². The summed E-state index contributed by atoms with van der Waals surface area (Å²) in [5, 5.41) is 0. The number of hydrogen-bond donors (Lipinski definition) is 0. The lowest BCUT2D eigenvalue weighted by molar-refractivity contribution is 0.415. The van der Waals surface area contributed by atoms with Gasteiger partial charge >= 0.3 is 0 Å². The van der Waals surface area contributed by atoms with E-state index in [2.05, 4.69) is 4.98 Å². The number of benzene rings is 1. The van der Waals surface area contributed by atoms with Gasteiger partial charge in [0.05, 0.1) is 18.7 Å². The molecule has 0 bridgehead atoms. The minimum atomic E-state index is -0.411. The van der Waals surface area contributed by atoms with Crippen LogP contribution in [0.15, 0.2) is 36.5 Å². The van der Waals surface area contributed by atoms with Crippen LogP contribution in [0.1, 0.15) is 5.56 Å². The Morgan fingerprint density at radius 1 is 1.32 bits per heavy atom. The molecule has 2 aromatic rings. The molecule has 0 N–H and O–H groups in total. The largest absolute Gasteiger partial charge is 0.495 e. The third-order valence-corrected chi connectivity index (χ3v) is 3.15. The fourth-order valence-corrected chi connectivity index (χ4v) is 2.04. The SMILES string of the molecule is COc1ccccc1N(C)c1nccc(CCl)c1F. The lowest BCUT2D eigenvalue weighted by atomic mass is 10.2. The molecule has 0 aliphatic rings. The second kappa shape index (κ2) is 5.89. The van der Waals surface area contributed by atoms with Crippen molar-refractivity contribution in [2.24, 2.45) is 0 Å². The summed E-state index contributed by atoms with van der Waals surface area (Å²) >= 11 is 5.70. The molecule has 0 radical (unpaired) electrons. The number of halogens is 2. The van der Waals surface area contributed by atoms with E-state index in [0.717, 1.165) is 5.69 Å². The number of ether oxygens (including phenoxy) is 1. The Balaban J connectivity index is 2.47. The van der Waals surface area contributed by atoms with E-state index in [-0.39, 0.29) is 11.7 Å². The molecule has 5 heteroatoms. The molecule has 0 spiro atoms. The third kappa shape index (κ3) is 2.63. The maximum Gasteiger partial charge on any atom is 0.170 e. The molecule has 0 aliphatic carbocycles. The summed E-state index contributed by atoms with van der Waals surface area (Å²) in [4.78, 5) is 5.72. The highest BCUT2D eigenvalue weighted by atomic mass is 35.5. The fraction of sp³-hybridized carbons (Fsp3) is 0.214. The first kappa shape index (κ1) is 13.6. The number of rotatable bonds is 4. The van der Waals surface area contributed by atoms with Crippen molar-refractivity contribution in [3.05, 3.63) is 47.9 Å². The highest BCUT2D eigenvalue weighted by Gasteiger charge is 2.16. The fourth-order valence-electron chi connectivity index (χ4n) is 1.83. The number of nitrogens with zero attached hydrogens (tertiary/aromatic N) is 2. The zero-order valence-electron chi connectivity index (χ0n) is 10.7. The van der Waals surface area contributed by atoms with Crippen molar-refractivity contribution < 1.29 is 9.13 Å². The third-order valence-electron chi connectivity index (χ3n) is 2.86. The maximum absolute atomic E-state index is 14.2. The number of aromatic nitrogens is 1. The normalized spacial score (nSPS) is 10.3. The van der Waals surface area contributed by atoms with Crippen molar-refractivity contribution in [2.45, 2.75) is 5.88 Å². The minimum absolute atomic E-state index is 0.112. The molecule has 1 aromatic carbocycles. The Morgan fingerprint density at radius 3 is 2.74 bits per heavy atom. The average molecular weight is 281 g/mol. The number of anilines is 2. The van der Waals surface area contributed by atoms with Gasteiger partial charge in [0.1, 0.15) is 5.75 Å². The van der Waals surface area contributed by atoms with Gasteiger partial charge in [-0.2, -0.15) is 0 Å². The predicted molar refractivity (Wildman–Crippen MR) is 74.8 cm³/mol. The van der Waals surface area contributed by atoms with Gasteiger partial charge in [-0.05, 0) is 18.2 Å². The molecule has 0 saturated carbocycles. The quantitative estimate of drug-likeness (QED) is 0.798.